The lowest BCUT2D eigenvalue weighted by Gasteiger charge is -2.31. The Balaban J connectivity index is 1.08. The number of thiazole rings is 1. The highest BCUT2D eigenvalue weighted by atomic mass is 32.1. The van der Waals surface area contributed by atoms with Gasteiger partial charge < -0.3 is 15.5 Å². The molecular formula is C27H34N4O2S. The zero-order valence-corrected chi connectivity index (χ0v) is 20.6. The number of aryl methyl sites for hydroxylation is 2. The Bertz CT molecular complexity index is 1070. The van der Waals surface area contributed by atoms with Gasteiger partial charge in [0.2, 0.25) is 0 Å². The third kappa shape index (κ3) is 5.52. The molecule has 1 aliphatic heterocycles. The van der Waals surface area contributed by atoms with Crippen molar-refractivity contribution in [3.05, 3.63) is 57.1 Å². The summed E-state index contributed by atoms with van der Waals surface area (Å²) in [7, 11) is 0. The third-order valence-electron chi connectivity index (χ3n) is 7.35. The monoisotopic (exact) mass is 478 g/mol. The number of aromatic nitrogens is 1. The molecule has 1 saturated heterocycles. The van der Waals surface area contributed by atoms with E-state index in [0.717, 1.165) is 62.4 Å². The maximum Gasteiger partial charge on any atom is 0.317 e. The molecule has 0 saturated carbocycles. The van der Waals surface area contributed by atoms with Gasteiger partial charge in [0.25, 0.3) is 5.91 Å². The topological polar surface area (TPSA) is 74.3 Å². The molecule has 6 nitrogen and oxygen atoms in total. The van der Waals surface area contributed by atoms with E-state index in [2.05, 4.69) is 33.8 Å². The molecule has 2 aromatic rings. The Hall–Kier alpha value is -2.67. The van der Waals surface area contributed by atoms with Gasteiger partial charge in [0.1, 0.15) is 5.69 Å². The summed E-state index contributed by atoms with van der Waals surface area (Å²) in [5, 5.41) is 8.96. The number of allylic oxidation sites excluding steroid dienone is 1. The van der Waals surface area contributed by atoms with Crippen molar-refractivity contribution in [3.8, 4) is 0 Å². The Kier molecular flexibility index (Phi) is 7.28. The number of hydrogen-bond acceptors (Lipinski definition) is 4. The van der Waals surface area contributed by atoms with Gasteiger partial charge in [-0.25, -0.2) is 9.78 Å². The first-order chi connectivity index (χ1) is 16.7. The van der Waals surface area contributed by atoms with Crippen LogP contribution in [0.1, 0.15) is 83.9 Å². The predicted octanol–water partition coefficient (Wildman–Crippen LogP) is 5.66. The minimum absolute atomic E-state index is 0.0448. The first-order valence-corrected chi connectivity index (χ1v) is 13.6. The van der Waals surface area contributed by atoms with Crippen LogP contribution in [0.5, 0.6) is 0 Å². The van der Waals surface area contributed by atoms with Gasteiger partial charge in [0.05, 0.1) is 5.01 Å². The van der Waals surface area contributed by atoms with Crippen LogP contribution < -0.4 is 10.6 Å². The predicted molar refractivity (Wildman–Crippen MR) is 137 cm³/mol. The first-order valence-electron chi connectivity index (χ1n) is 12.7. The van der Waals surface area contributed by atoms with E-state index >= 15 is 0 Å². The van der Waals surface area contributed by atoms with Crippen LogP contribution in [-0.2, 0) is 12.8 Å². The molecule has 1 fully saturated rings. The molecule has 5 rings (SSSR count). The molecule has 1 aromatic heterocycles. The van der Waals surface area contributed by atoms with Crippen molar-refractivity contribution in [1.29, 1.82) is 0 Å². The lowest BCUT2D eigenvalue weighted by Crippen LogP contribution is -2.44. The Morgan fingerprint density at radius 1 is 1.06 bits per heavy atom. The molecule has 0 unspecified atom stereocenters. The van der Waals surface area contributed by atoms with Gasteiger partial charge in [0, 0.05) is 36.6 Å². The summed E-state index contributed by atoms with van der Waals surface area (Å²) in [5.41, 5.74) is 5.57. The van der Waals surface area contributed by atoms with Crippen LogP contribution in [0.4, 0.5) is 10.5 Å². The summed E-state index contributed by atoms with van der Waals surface area (Å²) < 4.78 is 0. The largest absolute Gasteiger partial charge is 0.338 e. The summed E-state index contributed by atoms with van der Waals surface area (Å²) in [5.74, 6) is 0.160. The van der Waals surface area contributed by atoms with E-state index in [-0.39, 0.29) is 11.9 Å². The second kappa shape index (κ2) is 10.7. The number of amides is 3. The van der Waals surface area contributed by atoms with Crippen LogP contribution in [0.25, 0.3) is 0 Å². The minimum atomic E-state index is -0.148. The maximum absolute atomic E-state index is 12.7. The van der Waals surface area contributed by atoms with E-state index in [0.29, 0.717) is 11.6 Å². The summed E-state index contributed by atoms with van der Waals surface area (Å²) in [6, 6.07) is 6.26. The lowest BCUT2D eigenvalue weighted by molar-refractivity contribution is 0.102. The highest BCUT2D eigenvalue weighted by Crippen LogP contribution is 2.31. The van der Waals surface area contributed by atoms with Crippen LogP contribution in [-0.4, -0.2) is 41.5 Å². The van der Waals surface area contributed by atoms with Gasteiger partial charge in [-0.05, 0) is 87.5 Å². The highest BCUT2D eigenvalue weighted by Gasteiger charge is 2.26. The fraction of sp³-hybridized carbons (Fsp3) is 0.519. The van der Waals surface area contributed by atoms with Crippen LogP contribution in [0.2, 0.25) is 0 Å². The Morgan fingerprint density at radius 3 is 2.74 bits per heavy atom. The molecule has 2 aliphatic carbocycles. The maximum atomic E-state index is 12.7. The number of urea groups is 1. The molecule has 2 N–H and O–H groups in total. The minimum Gasteiger partial charge on any atom is -0.338 e. The molecule has 3 amide bonds. The molecular weight excluding hydrogens is 444 g/mol. The number of benzene rings is 1. The van der Waals surface area contributed by atoms with Crippen molar-refractivity contribution < 1.29 is 9.59 Å². The van der Waals surface area contributed by atoms with Crippen LogP contribution in [0, 0.1) is 0 Å². The highest BCUT2D eigenvalue weighted by molar-refractivity contribution is 7.10. The van der Waals surface area contributed by atoms with Gasteiger partial charge in [-0.15, -0.1) is 11.3 Å². The van der Waals surface area contributed by atoms with E-state index in [1.165, 1.54) is 48.8 Å². The molecule has 0 bridgehead atoms. The molecule has 0 radical (unpaired) electrons. The van der Waals surface area contributed by atoms with E-state index in [4.69, 9.17) is 0 Å². The fourth-order valence-electron chi connectivity index (χ4n) is 5.33. The first kappa shape index (κ1) is 23.1. The van der Waals surface area contributed by atoms with Gasteiger partial charge in [-0.1, -0.05) is 17.7 Å². The zero-order chi connectivity index (χ0) is 23.3. The number of carbonyl (C=O) groups is 2. The van der Waals surface area contributed by atoms with Crippen molar-refractivity contribution in [3.63, 3.8) is 0 Å². The van der Waals surface area contributed by atoms with E-state index in [1.807, 2.05) is 16.3 Å². The van der Waals surface area contributed by atoms with Gasteiger partial charge in [0.15, 0.2) is 0 Å². The van der Waals surface area contributed by atoms with Crippen LogP contribution >= 0.6 is 11.3 Å². The number of likely N-dealkylation sites (tertiary alicyclic amines) is 1. The van der Waals surface area contributed by atoms with Gasteiger partial charge in [-0.3, -0.25) is 4.79 Å². The van der Waals surface area contributed by atoms with E-state index in [1.54, 1.807) is 11.3 Å². The number of rotatable bonds is 6. The Labute approximate surface area is 205 Å². The van der Waals surface area contributed by atoms with Crippen molar-refractivity contribution in [2.75, 3.05) is 25.0 Å². The van der Waals surface area contributed by atoms with Crippen molar-refractivity contribution in [1.82, 2.24) is 15.2 Å². The molecule has 0 atom stereocenters. The zero-order valence-electron chi connectivity index (χ0n) is 19.8. The van der Waals surface area contributed by atoms with Crippen molar-refractivity contribution >= 4 is 29.0 Å². The number of piperidine rings is 1. The summed E-state index contributed by atoms with van der Waals surface area (Å²) in [4.78, 5) is 31.9. The summed E-state index contributed by atoms with van der Waals surface area (Å²) in [6.45, 7) is 2.19. The third-order valence-corrected chi connectivity index (χ3v) is 8.36. The van der Waals surface area contributed by atoms with Crippen molar-refractivity contribution in [2.24, 2.45) is 0 Å². The lowest BCUT2D eigenvalue weighted by atomic mass is 9.97. The summed E-state index contributed by atoms with van der Waals surface area (Å²) in [6.07, 6.45) is 13.5. The molecule has 34 heavy (non-hydrogen) atoms. The average Bonchev–Trinajstić information content (AvgIpc) is 3.55. The summed E-state index contributed by atoms with van der Waals surface area (Å²) >= 11 is 1.56. The number of fused-ring (bicyclic) bond motifs is 1. The molecule has 7 heteroatoms. The number of nitrogens with zero attached hydrogens (tertiary/aromatic N) is 2. The average molecular weight is 479 g/mol. The molecule has 180 valence electrons. The molecule has 1 aromatic carbocycles. The molecule has 0 spiro atoms. The van der Waals surface area contributed by atoms with Crippen LogP contribution in [0.15, 0.2) is 35.2 Å². The van der Waals surface area contributed by atoms with E-state index < -0.39 is 0 Å². The van der Waals surface area contributed by atoms with Crippen LogP contribution in [0.3, 0.4) is 0 Å². The number of nitrogens with one attached hydrogen (secondary N) is 2. The van der Waals surface area contributed by atoms with Gasteiger partial charge in [-0.2, -0.15) is 0 Å². The normalized spacial score (nSPS) is 18.4. The SMILES string of the molecule is O=C(Nc1ccc2c(c1)CCC2)c1csc(C2CCN(C(=O)NCCC3=CCCCC3)CC2)n1. The fourth-order valence-corrected chi connectivity index (χ4v) is 6.30. The molecule has 3 aliphatic rings. The number of anilines is 1. The second-order valence-electron chi connectivity index (χ2n) is 9.71. The van der Waals surface area contributed by atoms with Gasteiger partial charge >= 0.3 is 6.03 Å². The number of hydrogen-bond donors (Lipinski definition) is 2. The quantitative estimate of drug-likeness (QED) is 0.526. The van der Waals surface area contributed by atoms with Crippen molar-refractivity contribution in [2.45, 2.75) is 70.1 Å². The smallest absolute Gasteiger partial charge is 0.317 e. The Morgan fingerprint density at radius 2 is 1.91 bits per heavy atom. The number of carbonyl (C=O) groups excluding carboxylic acids is 2. The molecule has 2 heterocycles. The standard InChI is InChI=1S/C27H34N4O2S/c32-25(29-23-10-9-20-7-4-8-22(20)17-23)24-18-34-26(30-24)21-12-15-31(16-13-21)27(33)28-14-11-19-5-2-1-3-6-19/h5,9-10,17-18,21H,1-4,6-8,11-16H2,(H,28,33)(H,29,32). The second-order valence-corrected chi connectivity index (χ2v) is 10.6. The van der Waals surface area contributed by atoms with E-state index in [9.17, 15) is 9.59 Å².